The zero-order chi connectivity index (χ0) is 15.9. The summed E-state index contributed by atoms with van der Waals surface area (Å²) in [6, 6.07) is 10.1. The molecule has 2 unspecified atom stereocenters. The number of carbonyl (C=O) groups is 1. The van der Waals surface area contributed by atoms with Crippen LogP contribution in [0.2, 0.25) is 0 Å². The molecule has 1 aromatic rings. The lowest BCUT2D eigenvalue weighted by Crippen LogP contribution is -2.47. The van der Waals surface area contributed by atoms with Crippen LogP contribution < -0.4 is 10.6 Å². The van der Waals surface area contributed by atoms with E-state index >= 15 is 0 Å². The van der Waals surface area contributed by atoms with Gasteiger partial charge in [0.1, 0.15) is 0 Å². The van der Waals surface area contributed by atoms with Crippen LogP contribution in [0.1, 0.15) is 24.5 Å². The molecular weight excluding hydrogens is 326 g/mol. The topological polar surface area (TPSA) is 53.6 Å². The maximum absolute atomic E-state index is 12.6. The summed E-state index contributed by atoms with van der Waals surface area (Å²) in [6.07, 6.45) is 1.75. The molecule has 1 amide bonds. The van der Waals surface area contributed by atoms with Gasteiger partial charge in [-0.1, -0.05) is 30.3 Å². The van der Waals surface area contributed by atoms with E-state index in [-0.39, 0.29) is 30.3 Å². The number of piperazine rings is 1. The van der Waals surface area contributed by atoms with Crippen molar-refractivity contribution in [3.05, 3.63) is 35.9 Å². The first kappa shape index (κ1) is 19.2. The van der Waals surface area contributed by atoms with Crippen molar-refractivity contribution in [2.75, 3.05) is 45.9 Å². The molecule has 2 N–H and O–H groups in total. The molecule has 0 aliphatic carbocycles. The van der Waals surface area contributed by atoms with E-state index < -0.39 is 0 Å². The van der Waals surface area contributed by atoms with Gasteiger partial charge in [0.25, 0.3) is 0 Å². The monoisotopic (exact) mass is 353 g/mol. The fraction of sp³-hybridized carbons (Fsp3) is 0.611. The number of nitrogens with zero attached hydrogens (tertiary/aromatic N) is 1. The van der Waals surface area contributed by atoms with Crippen molar-refractivity contribution in [1.29, 1.82) is 0 Å². The van der Waals surface area contributed by atoms with Gasteiger partial charge in [-0.2, -0.15) is 0 Å². The van der Waals surface area contributed by atoms with Crippen molar-refractivity contribution in [2.45, 2.75) is 18.9 Å². The van der Waals surface area contributed by atoms with Crippen LogP contribution in [0, 0.1) is 5.92 Å². The zero-order valence-electron chi connectivity index (χ0n) is 14.1. The highest BCUT2D eigenvalue weighted by Crippen LogP contribution is 2.33. The smallest absolute Gasteiger partial charge is 0.226 e. The van der Waals surface area contributed by atoms with Crippen LogP contribution >= 0.6 is 12.4 Å². The molecule has 0 radical (unpaired) electrons. The summed E-state index contributed by atoms with van der Waals surface area (Å²) in [5, 5.41) is 6.46. The number of rotatable bonds is 5. The summed E-state index contributed by atoms with van der Waals surface area (Å²) in [5.41, 5.74) is 1.11. The maximum atomic E-state index is 12.6. The van der Waals surface area contributed by atoms with E-state index in [2.05, 4.69) is 27.7 Å². The normalized spacial score (nSPS) is 24.8. The number of halogens is 1. The Morgan fingerprint density at radius 1 is 1.25 bits per heavy atom. The first-order chi connectivity index (χ1) is 11.3. The van der Waals surface area contributed by atoms with Crippen LogP contribution in [0.25, 0.3) is 0 Å². The van der Waals surface area contributed by atoms with Crippen molar-refractivity contribution < 1.29 is 9.53 Å². The van der Waals surface area contributed by atoms with Gasteiger partial charge in [-0.05, 0) is 18.4 Å². The fourth-order valence-corrected chi connectivity index (χ4v) is 3.42. The number of ether oxygens (including phenoxy) is 1. The minimum absolute atomic E-state index is 0. The SMILES string of the molecule is Cl.O=C(NCCN1CCNCC1)C1CCCOC1c1ccccc1. The first-order valence-corrected chi connectivity index (χ1v) is 8.72. The number of carbonyl (C=O) groups excluding carboxylic acids is 1. The summed E-state index contributed by atoms with van der Waals surface area (Å²) in [4.78, 5) is 15.0. The van der Waals surface area contributed by atoms with Crippen LogP contribution in [0.3, 0.4) is 0 Å². The number of benzene rings is 1. The number of nitrogens with one attached hydrogen (secondary N) is 2. The van der Waals surface area contributed by atoms with E-state index in [1.165, 1.54) is 0 Å². The fourth-order valence-electron chi connectivity index (χ4n) is 3.42. The molecule has 2 fully saturated rings. The van der Waals surface area contributed by atoms with Crippen molar-refractivity contribution in [3.8, 4) is 0 Å². The summed E-state index contributed by atoms with van der Waals surface area (Å²) < 4.78 is 5.91. The third-order valence-corrected chi connectivity index (χ3v) is 4.72. The highest BCUT2D eigenvalue weighted by molar-refractivity contribution is 5.85. The van der Waals surface area contributed by atoms with Crippen LogP contribution in [0.5, 0.6) is 0 Å². The Labute approximate surface area is 150 Å². The Bertz CT molecular complexity index is 494. The molecule has 0 saturated carbocycles. The van der Waals surface area contributed by atoms with E-state index in [4.69, 9.17) is 4.74 Å². The van der Waals surface area contributed by atoms with E-state index in [0.29, 0.717) is 0 Å². The maximum Gasteiger partial charge on any atom is 0.226 e. The Balaban J connectivity index is 0.00000208. The van der Waals surface area contributed by atoms with Crippen molar-refractivity contribution in [1.82, 2.24) is 15.5 Å². The van der Waals surface area contributed by atoms with Gasteiger partial charge in [0.05, 0.1) is 12.0 Å². The summed E-state index contributed by atoms with van der Waals surface area (Å²) in [6.45, 7) is 6.60. The first-order valence-electron chi connectivity index (χ1n) is 8.72. The van der Waals surface area contributed by atoms with Crippen LogP contribution in [0.4, 0.5) is 0 Å². The molecule has 2 aliphatic heterocycles. The van der Waals surface area contributed by atoms with Crippen LogP contribution in [0.15, 0.2) is 30.3 Å². The number of hydrogen-bond acceptors (Lipinski definition) is 4. The standard InChI is InChI=1S/C18H27N3O2.ClH/c22-18(20-10-13-21-11-8-19-9-12-21)16-7-4-14-23-17(16)15-5-2-1-3-6-15;/h1-3,5-6,16-17,19H,4,7-14H2,(H,20,22);1H. The highest BCUT2D eigenvalue weighted by atomic mass is 35.5. The summed E-state index contributed by atoms with van der Waals surface area (Å²) in [7, 11) is 0. The molecule has 6 heteroatoms. The molecule has 5 nitrogen and oxygen atoms in total. The van der Waals surface area contributed by atoms with Gasteiger partial charge in [0, 0.05) is 45.9 Å². The van der Waals surface area contributed by atoms with Gasteiger partial charge in [-0.15, -0.1) is 12.4 Å². The van der Waals surface area contributed by atoms with E-state index in [0.717, 1.165) is 64.3 Å². The molecule has 2 heterocycles. The Hall–Kier alpha value is -1.14. The van der Waals surface area contributed by atoms with Gasteiger partial charge >= 0.3 is 0 Å². The number of amides is 1. The average molecular weight is 354 g/mol. The Kier molecular flexibility index (Phi) is 7.99. The Morgan fingerprint density at radius 2 is 2.00 bits per heavy atom. The second kappa shape index (κ2) is 9.99. The number of hydrogen-bond donors (Lipinski definition) is 2. The molecule has 2 atom stereocenters. The van der Waals surface area contributed by atoms with E-state index in [9.17, 15) is 4.79 Å². The molecule has 0 aromatic heterocycles. The van der Waals surface area contributed by atoms with Gasteiger partial charge in [0.2, 0.25) is 5.91 Å². The Morgan fingerprint density at radius 3 is 2.75 bits per heavy atom. The lowest BCUT2D eigenvalue weighted by molar-refractivity contribution is -0.134. The molecule has 134 valence electrons. The molecule has 24 heavy (non-hydrogen) atoms. The van der Waals surface area contributed by atoms with E-state index in [1.54, 1.807) is 0 Å². The average Bonchev–Trinajstić information content (AvgIpc) is 2.63. The molecule has 3 rings (SSSR count). The van der Waals surface area contributed by atoms with E-state index in [1.807, 2.05) is 18.2 Å². The van der Waals surface area contributed by atoms with Crippen LogP contribution in [-0.4, -0.2) is 56.7 Å². The lowest BCUT2D eigenvalue weighted by Gasteiger charge is -2.32. The minimum atomic E-state index is -0.107. The zero-order valence-corrected chi connectivity index (χ0v) is 14.9. The van der Waals surface area contributed by atoms with Gasteiger partial charge < -0.3 is 15.4 Å². The minimum Gasteiger partial charge on any atom is -0.373 e. The predicted molar refractivity (Wildman–Crippen MR) is 97.4 cm³/mol. The van der Waals surface area contributed by atoms with Crippen molar-refractivity contribution in [2.24, 2.45) is 5.92 Å². The largest absolute Gasteiger partial charge is 0.373 e. The molecule has 2 aliphatic rings. The van der Waals surface area contributed by atoms with Gasteiger partial charge in [-0.25, -0.2) is 0 Å². The van der Waals surface area contributed by atoms with Gasteiger partial charge in [-0.3, -0.25) is 9.69 Å². The molecular formula is C18H28ClN3O2. The second-order valence-electron chi connectivity index (χ2n) is 6.33. The quantitative estimate of drug-likeness (QED) is 0.844. The molecule has 0 spiro atoms. The highest BCUT2D eigenvalue weighted by Gasteiger charge is 2.32. The lowest BCUT2D eigenvalue weighted by atomic mass is 9.89. The van der Waals surface area contributed by atoms with Gasteiger partial charge in [0.15, 0.2) is 0 Å². The molecule has 1 aromatic carbocycles. The summed E-state index contributed by atoms with van der Waals surface area (Å²) in [5.74, 6) is 0.0582. The third-order valence-electron chi connectivity index (χ3n) is 4.72. The van der Waals surface area contributed by atoms with Crippen LogP contribution in [-0.2, 0) is 9.53 Å². The third kappa shape index (κ3) is 5.18. The molecule has 0 bridgehead atoms. The van der Waals surface area contributed by atoms with Crippen molar-refractivity contribution in [3.63, 3.8) is 0 Å². The van der Waals surface area contributed by atoms with Crippen molar-refractivity contribution >= 4 is 18.3 Å². The second-order valence-corrected chi connectivity index (χ2v) is 6.33. The molecule has 2 saturated heterocycles. The summed E-state index contributed by atoms with van der Waals surface area (Å²) >= 11 is 0. The predicted octanol–water partition coefficient (Wildman–Crippen LogP) is 1.60.